The predicted octanol–water partition coefficient (Wildman–Crippen LogP) is 3.66. The molecule has 0 spiro atoms. The van der Waals surface area contributed by atoms with Crippen LogP contribution in [-0.2, 0) is 10.0 Å². The van der Waals surface area contributed by atoms with Crippen molar-refractivity contribution in [3.8, 4) is 0 Å². The SMILES string of the molecule is O=C(Nc1cnc2ccccc2c1)c1ccc(S(=O)(=O)N2CCCCC2)cc1. The van der Waals surface area contributed by atoms with Crippen LogP contribution in [0.3, 0.4) is 0 Å². The second kappa shape index (κ2) is 7.69. The smallest absolute Gasteiger partial charge is 0.255 e. The standard InChI is InChI=1S/C21H21N3O3S/c25-21(23-18-14-17-6-2-3-7-20(17)22-15-18)16-8-10-19(11-9-16)28(26,27)24-12-4-1-5-13-24/h2-3,6-11,14-15H,1,4-5,12-13H2,(H,23,25). The van der Waals surface area contributed by atoms with Gasteiger partial charge in [0.2, 0.25) is 10.0 Å². The molecular weight excluding hydrogens is 374 g/mol. The highest BCUT2D eigenvalue weighted by atomic mass is 32.2. The molecule has 0 radical (unpaired) electrons. The Labute approximate surface area is 164 Å². The molecule has 1 amide bonds. The van der Waals surface area contributed by atoms with Gasteiger partial charge in [-0.05, 0) is 49.2 Å². The molecule has 3 aromatic rings. The third-order valence-corrected chi connectivity index (χ3v) is 6.83. The molecule has 1 N–H and O–H groups in total. The van der Waals surface area contributed by atoms with Gasteiger partial charge >= 0.3 is 0 Å². The van der Waals surface area contributed by atoms with E-state index in [0.717, 1.165) is 30.2 Å². The second-order valence-corrected chi connectivity index (χ2v) is 8.80. The summed E-state index contributed by atoms with van der Waals surface area (Å²) in [5.74, 6) is -0.306. The van der Waals surface area contributed by atoms with Crippen LogP contribution in [0.1, 0.15) is 29.6 Å². The number of anilines is 1. The lowest BCUT2D eigenvalue weighted by Crippen LogP contribution is -2.35. The highest BCUT2D eigenvalue weighted by Crippen LogP contribution is 2.21. The molecule has 28 heavy (non-hydrogen) atoms. The van der Waals surface area contributed by atoms with Crippen molar-refractivity contribution in [2.24, 2.45) is 0 Å². The van der Waals surface area contributed by atoms with Gasteiger partial charge in [0, 0.05) is 24.0 Å². The highest BCUT2D eigenvalue weighted by molar-refractivity contribution is 7.89. The molecule has 0 aliphatic carbocycles. The van der Waals surface area contributed by atoms with Crippen LogP contribution in [0.4, 0.5) is 5.69 Å². The number of rotatable bonds is 4. The van der Waals surface area contributed by atoms with Gasteiger partial charge < -0.3 is 5.32 Å². The molecular formula is C21H21N3O3S. The number of nitrogens with one attached hydrogen (secondary N) is 1. The van der Waals surface area contributed by atoms with Gasteiger partial charge in [0.25, 0.3) is 5.91 Å². The number of carbonyl (C=O) groups is 1. The van der Waals surface area contributed by atoms with Gasteiger partial charge in [-0.15, -0.1) is 0 Å². The summed E-state index contributed by atoms with van der Waals surface area (Å²) in [5.41, 5.74) is 1.84. The number of benzene rings is 2. The first-order valence-corrected chi connectivity index (χ1v) is 10.7. The number of para-hydroxylation sites is 1. The summed E-state index contributed by atoms with van der Waals surface area (Å²) in [5, 5.41) is 3.74. The summed E-state index contributed by atoms with van der Waals surface area (Å²) < 4.78 is 26.9. The van der Waals surface area contributed by atoms with Gasteiger partial charge in [-0.2, -0.15) is 4.31 Å². The number of pyridine rings is 1. The summed E-state index contributed by atoms with van der Waals surface area (Å²) in [4.78, 5) is 17.1. The monoisotopic (exact) mass is 395 g/mol. The van der Waals surface area contributed by atoms with E-state index in [1.54, 1.807) is 18.3 Å². The largest absolute Gasteiger partial charge is 0.321 e. The maximum Gasteiger partial charge on any atom is 0.255 e. The molecule has 1 saturated heterocycles. The number of amides is 1. The Morgan fingerprint density at radius 1 is 0.964 bits per heavy atom. The quantitative estimate of drug-likeness (QED) is 0.731. The summed E-state index contributed by atoms with van der Waals surface area (Å²) in [7, 11) is -3.50. The minimum atomic E-state index is -3.50. The molecule has 1 aromatic heterocycles. The van der Waals surface area contributed by atoms with E-state index < -0.39 is 10.0 Å². The fourth-order valence-corrected chi connectivity index (χ4v) is 4.89. The van der Waals surface area contributed by atoms with Crippen LogP contribution in [0.5, 0.6) is 0 Å². The van der Waals surface area contributed by atoms with Crippen LogP contribution >= 0.6 is 0 Å². The average Bonchev–Trinajstić information content (AvgIpc) is 2.74. The number of hydrogen-bond donors (Lipinski definition) is 1. The number of aromatic nitrogens is 1. The zero-order valence-corrected chi connectivity index (χ0v) is 16.2. The Morgan fingerprint density at radius 2 is 1.68 bits per heavy atom. The van der Waals surface area contributed by atoms with E-state index in [2.05, 4.69) is 10.3 Å². The normalized spacial score (nSPS) is 15.4. The number of piperidine rings is 1. The van der Waals surface area contributed by atoms with Gasteiger partial charge in [-0.25, -0.2) is 8.42 Å². The Balaban J connectivity index is 1.50. The van der Waals surface area contributed by atoms with E-state index in [-0.39, 0.29) is 10.8 Å². The van der Waals surface area contributed by atoms with Crippen LogP contribution in [0.25, 0.3) is 10.9 Å². The van der Waals surface area contributed by atoms with Crippen molar-refractivity contribution in [1.82, 2.24) is 9.29 Å². The first-order chi connectivity index (χ1) is 13.5. The number of hydrogen-bond acceptors (Lipinski definition) is 4. The predicted molar refractivity (Wildman–Crippen MR) is 109 cm³/mol. The third kappa shape index (κ3) is 3.76. The minimum Gasteiger partial charge on any atom is -0.321 e. The third-order valence-electron chi connectivity index (χ3n) is 4.92. The van der Waals surface area contributed by atoms with Crippen molar-refractivity contribution >= 4 is 32.5 Å². The Bertz CT molecular complexity index is 1110. The first-order valence-electron chi connectivity index (χ1n) is 9.30. The van der Waals surface area contributed by atoms with E-state index in [1.165, 1.54) is 16.4 Å². The molecule has 0 bridgehead atoms. The van der Waals surface area contributed by atoms with Crippen molar-refractivity contribution in [3.05, 3.63) is 66.4 Å². The minimum absolute atomic E-state index is 0.221. The van der Waals surface area contributed by atoms with Crippen molar-refractivity contribution in [2.75, 3.05) is 18.4 Å². The lowest BCUT2D eigenvalue weighted by molar-refractivity contribution is 0.102. The van der Waals surface area contributed by atoms with Crippen molar-refractivity contribution < 1.29 is 13.2 Å². The molecule has 1 aliphatic rings. The van der Waals surface area contributed by atoms with E-state index in [0.29, 0.717) is 24.3 Å². The fourth-order valence-electron chi connectivity index (χ4n) is 3.38. The zero-order chi connectivity index (χ0) is 19.6. The maximum absolute atomic E-state index is 12.7. The molecule has 2 heterocycles. The van der Waals surface area contributed by atoms with E-state index in [1.807, 2.05) is 30.3 Å². The van der Waals surface area contributed by atoms with Crippen LogP contribution in [0.15, 0.2) is 65.7 Å². The first kappa shape index (κ1) is 18.6. The molecule has 4 rings (SSSR count). The van der Waals surface area contributed by atoms with Crippen molar-refractivity contribution in [1.29, 1.82) is 0 Å². The maximum atomic E-state index is 12.7. The Hall–Kier alpha value is -2.77. The molecule has 0 saturated carbocycles. The van der Waals surface area contributed by atoms with E-state index in [9.17, 15) is 13.2 Å². The number of fused-ring (bicyclic) bond motifs is 1. The van der Waals surface area contributed by atoms with Crippen LogP contribution in [0, 0.1) is 0 Å². The average molecular weight is 395 g/mol. The van der Waals surface area contributed by atoms with E-state index >= 15 is 0 Å². The van der Waals surface area contributed by atoms with Crippen molar-refractivity contribution in [3.63, 3.8) is 0 Å². The summed E-state index contributed by atoms with van der Waals surface area (Å²) in [6, 6.07) is 15.6. The lowest BCUT2D eigenvalue weighted by Gasteiger charge is -2.25. The van der Waals surface area contributed by atoms with Crippen LogP contribution in [-0.4, -0.2) is 36.7 Å². The fraction of sp³-hybridized carbons (Fsp3) is 0.238. The second-order valence-electron chi connectivity index (χ2n) is 6.86. The van der Waals surface area contributed by atoms with Gasteiger partial charge in [0.05, 0.1) is 22.3 Å². The topological polar surface area (TPSA) is 79.4 Å². The Kier molecular flexibility index (Phi) is 5.11. The highest BCUT2D eigenvalue weighted by Gasteiger charge is 2.25. The van der Waals surface area contributed by atoms with Crippen LogP contribution < -0.4 is 5.32 Å². The number of sulfonamides is 1. The molecule has 2 aromatic carbocycles. The molecule has 6 nitrogen and oxygen atoms in total. The summed E-state index contributed by atoms with van der Waals surface area (Å²) in [6.07, 6.45) is 4.45. The van der Waals surface area contributed by atoms with Gasteiger partial charge in [-0.1, -0.05) is 24.6 Å². The van der Waals surface area contributed by atoms with Gasteiger partial charge in [-0.3, -0.25) is 9.78 Å². The number of carbonyl (C=O) groups excluding carboxylic acids is 1. The van der Waals surface area contributed by atoms with Gasteiger partial charge in [0.15, 0.2) is 0 Å². The summed E-state index contributed by atoms with van der Waals surface area (Å²) in [6.45, 7) is 1.11. The molecule has 0 unspecified atom stereocenters. The number of nitrogens with zero attached hydrogens (tertiary/aromatic N) is 2. The van der Waals surface area contributed by atoms with Gasteiger partial charge in [0.1, 0.15) is 0 Å². The zero-order valence-electron chi connectivity index (χ0n) is 15.3. The Morgan fingerprint density at radius 3 is 2.43 bits per heavy atom. The molecule has 7 heteroatoms. The molecule has 1 fully saturated rings. The van der Waals surface area contributed by atoms with E-state index in [4.69, 9.17) is 0 Å². The van der Waals surface area contributed by atoms with Crippen LogP contribution in [0.2, 0.25) is 0 Å². The molecule has 144 valence electrons. The lowest BCUT2D eigenvalue weighted by atomic mass is 10.2. The summed E-state index contributed by atoms with van der Waals surface area (Å²) >= 11 is 0. The molecule has 0 atom stereocenters. The van der Waals surface area contributed by atoms with Crippen molar-refractivity contribution in [2.45, 2.75) is 24.2 Å². The molecule has 1 aliphatic heterocycles.